The standard InChI is InChI=1S/C19H13FN2O2/c1-23-18-8-3-2-7-15(18)13-6-4-5-12(9-13)14-10-16(20)19-17(11-14)21-24-22-19/h2-11H,1H3. The van der Waals surface area contributed by atoms with Crippen LogP contribution in [0.4, 0.5) is 4.39 Å². The first kappa shape index (κ1) is 14.4. The highest BCUT2D eigenvalue weighted by atomic mass is 19.1. The van der Waals surface area contributed by atoms with E-state index in [2.05, 4.69) is 14.9 Å². The van der Waals surface area contributed by atoms with Crippen molar-refractivity contribution in [3.63, 3.8) is 0 Å². The van der Waals surface area contributed by atoms with Crippen molar-refractivity contribution in [2.45, 2.75) is 0 Å². The SMILES string of the molecule is COc1ccccc1-c1cccc(-c2cc(F)c3nonc3c2)c1. The zero-order chi connectivity index (χ0) is 16.5. The third-order valence-corrected chi connectivity index (χ3v) is 3.93. The first-order chi connectivity index (χ1) is 11.8. The van der Waals surface area contributed by atoms with Gasteiger partial charge in [0, 0.05) is 5.56 Å². The molecule has 0 radical (unpaired) electrons. The van der Waals surface area contributed by atoms with E-state index in [9.17, 15) is 4.39 Å². The summed E-state index contributed by atoms with van der Waals surface area (Å²) in [6.07, 6.45) is 0. The van der Waals surface area contributed by atoms with Crippen molar-refractivity contribution in [1.29, 1.82) is 0 Å². The van der Waals surface area contributed by atoms with E-state index >= 15 is 0 Å². The highest BCUT2D eigenvalue weighted by Gasteiger charge is 2.11. The number of ether oxygens (including phenoxy) is 1. The van der Waals surface area contributed by atoms with Crippen LogP contribution in [0.2, 0.25) is 0 Å². The molecule has 1 heterocycles. The van der Waals surface area contributed by atoms with Crippen LogP contribution in [0.5, 0.6) is 5.75 Å². The molecule has 0 bridgehead atoms. The number of methoxy groups -OCH3 is 1. The second-order valence-electron chi connectivity index (χ2n) is 5.37. The lowest BCUT2D eigenvalue weighted by atomic mass is 9.98. The van der Waals surface area contributed by atoms with E-state index in [4.69, 9.17) is 4.74 Å². The summed E-state index contributed by atoms with van der Waals surface area (Å²) in [6.45, 7) is 0. The number of rotatable bonds is 3. The monoisotopic (exact) mass is 320 g/mol. The molecule has 0 spiro atoms. The van der Waals surface area contributed by atoms with E-state index in [1.165, 1.54) is 6.07 Å². The fraction of sp³-hybridized carbons (Fsp3) is 0.0526. The number of nitrogens with zero attached hydrogens (tertiary/aromatic N) is 2. The third-order valence-electron chi connectivity index (χ3n) is 3.93. The van der Waals surface area contributed by atoms with Crippen LogP contribution in [-0.4, -0.2) is 17.4 Å². The normalized spacial score (nSPS) is 10.9. The lowest BCUT2D eigenvalue weighted by Crippen LogP contribution is -1.88. The number of aromatic nitrogens is 2. The second kappa shape index (κ2) is 5.77. The average Bonchev–Trinajstić information content (AvgIpc) is 3.11. The van der Waals surface area contributed by atoms with E-state index in [0.29, 0.717) is 11.1 Å². The third kappa shape index (κ3) is 2.40. The van der Waals surface area contributed by atoms with Gasteiger partial charge < -0.3 is 4.74 Å². The molecule has 0 unspecified atom stereocenters. The predicted molar refractivity (Wildman–Crippen MR) is 89.2 cm³/mol. The Morgan fingerprint density at radius 3 is 2.58 bits per heavy atom. The Hall–Kier alpha value is -3.21. The maximum absolute atomic E-state index is 14.1. The summed E-state index contributed by atoms with van der Waals surface area (Å²) in [4.78, 5) is 0. The number of fused-ring (bicyclic) bond motifs is 1. The Morgan fingerprint density at radius 1 is 0.875 bits per heavy atom. The summed E-state index contributed by atoms with van der Waals surface area (Å²) in [5.41, 5.74) is 4.09. The Morgan fingerprint density at radius 2 is 1.71 bits per heavy atom. The molecule has 0 saturated carbocycles. The molecule has 0 saturated heterocycles. The van der Waals surface area contributed by atoms with Crippen LogP contribution in [0.15, 0.2) is 65.3 Å². The molecule has 0 N–H and O–H groups in total. The molecule has 3 aromatic carbocycles. The summed E-state index contributed by atoms with van der Waals surface area (Å²) in [7, 11) is 1.64. The lowest BCUT2D eigenvalue weighted by molar-refractivity contribution is 0.314. The van der Waals surface area contributed by atoms with Crippen LogP contribution in [0, 0.1) is 5.82 Å². The molecular weight excluding hydrogens is 307 g/mol. The molecule has 24 heavy (non-hydrogen) atoms. The van der Waals surface area contributed by atoms with Crippen LogP contribution >= 0.6 is 0 Å². The highest BCUT2D eigenvalue weighted by Crippen LogP contribution is 2.33. The smallest absolute Gasteiger partial charge is 0.170 e. The molecule has 0 aliphatic heterocycles. The molecule has 0 aliphatic rings. The molecule has 0 amide bonds. The van der Waals surface area contributed by atoms with Crippen LogP contribution in [-0.2, 0) is 0 Å². The van der Waals surface area contributed by atoms with Gasteiger partial charge in [0.1, 0.15) is 11.3 Å². The van der Waals surface area contributed by atoms with Crippen molar-refractivity contribution in [1.82, 2.24) is 10.3 Å². The van der Waals surface area contributed by atoms with Crippen molar-refractivity contribution >= 4 is 11.0 Å². The van der Waals surface area contributed by atoms with Gasteiger partial charge in [0.2, 0.25) is 0 Å². The first-order valence-electron chi connectivity index (χ1n) is 7.42. The largest absolute Gasteiger partial charge is 0.496 e. The molecule has 4 nitrogen and oxygen atoms in total. The maximum atomic E-state index is 14.1. The van der Waals surface area contributed by atoms with Crippen LogP contribution in [0.1, 0.15) is 0 Å². The summed E-state index contributed by atoms with van der Waals surface area (Å²) >= 11 is 0. The molecule has 0 atom stereocenters. The summed E-state index contributed by atoms with van der Waals surface area (Å²) in [5, 5.41) is 7.29. The van der Waals surface area contributed by atoms with Crippen LogP contribution < -0.4 is 4.74 Å². The van der Waals surface area contributed by atoms with Gasteiger partial charge in [-0.3, -0.25) is 0 Å². The Balaban J connectivity index is 1.84. The maximum Gasteiger partial charge on any atom is 0.170 e. The zero-order valence-corrected chi connectivity index (χ0v) is 12.9. The average molecular weight is 320 g/mol. The molecular formula is C19H13FN2O2. The lowest BCUT2D eigenvalue weighted by Gasteiger charge is -2.10. The molecule has 5 heteroatoms. The van der Waals surface area contributed by atoms with Gasteiger partial charge in [0.25, 0.3) is 0 Å². The quantitative estimate of drug-likeness (QED) is 0.549. The molecule has 118 valence electrons. The van der Waals surface area contributed by atoms with Gasteiger partial charge in [-0.05, 0) is 51.3 Å². The molecule has 0 aliphatic carbocycles. The zero-order valence-electron chi connectivity index (χ0n) is 12.9. The second-order valence-corrected chi connectivity index (χ2v) is 5.37. The van der Waals surface area contributed by atoms with Crippen molar-refractivity contribution in [3.05, 3.63) is 66.5 Å². The van der Waals surface area contributed by atoms with Gasteiger partial charge >= 0.3 is 0 Å². The first-order valence-corrected chi connectivity index (χ1v) is 7.42. The Bertz CT molecular complexity index is 1030. The van der Waals surface area contributed by atoms with E-state index in [-0.39, 0.29) is 5.52 Å². The molecule has 0 fully saturated rings. The fourth-order valence-electron chi connectivity index (χ4n) is 2.77. The summed E-state index contributed by atoms with van der Waals surface area (Å²) < 4.78 is 24.1. The van der Waals surface area contributed by atoms with E-state index in [1.807, 2.05) is 48.5 Å². The number of benzene rings is 3. The fourth-order valence-corrected chi connectivity index (χ4v) is 2.77. The van der Waals surface area contributed by atoms with Crippen molar-refractivity contribution in [3.8, 4) is 28.0 Å². The van der Waals surface area contributed by atoms with Crippen LogP contribution in [0.3, 0.4) is 0 Å². The van der Waals surface area contributed by atoms with E-state index in [0.717, 1.165) is 22.4 Å². The Labute approximate surface area is 137 Å². The molecule has 4 rings (SSSR count). The minimum Gasteiger partial charge on any atom is -0.496 e. The van der Waals surface area contributed by atoms with Crippen molar-refractivity contribution in [2.24, 2.45) is 0 Å². The predicted octanol–water partition coefficient (Wildman–Crippen LogP) is 4.70. The number of halogens is 1. The van der Waals surface area contributed by atoms with Gasteiger partial charge in [-0.2, -0.15) is 0 Å². The van der Waals surface area contributed by atoms with E-state index in [1.54, 1.807) is 13.2 Å². The number of hydrogen-bond donors (Lipinski definition) is 0. The van der Waals surface area contributed by atoms with E-state index < -0.39 is 5.82 Å². The topological polar surface area (TPSA) is 48.2 Å². The molecule has 4 aromatic rings. The summed E-state index contributed by atoms with van der Waals surface area (Å²) in [5.74, 6) is 0.337. The molecule has 1 aromatic heterocycles. The van der Waals surface area contributed by atoms with Crippen molar-refractivity contribution < 1.29 is 13.8 Å². The summed E-state index contributed by atoms with van der Waals surface area (Å²) in [6, 6.07) is 18.8. The number of para-hydroxylation sites is 1. The van der Waals surface area contributed by atoms with Crippen molar-refractivity contribution in [2.75, 3.05) is 7.11 Å². The van der Waals surface area contributed by atoms with Gasteiger partial charge in [-0.15, -0.1) is 0 Å². The highest BCUT2D eigenvalue weighted by molar-refractivity contribution is 5.83. The van der Waals surface area contributed by atoms with Gasteiger partial charge in [0.15, 0.2) is 11.3 Å². The number of hydrogen-bond acceptors (Lipinski definition) is 4. The van der Waals surface area contributed by atoms with Gasteiger partial charge in [-0.25, -0.2) is 9.02 Å². The van der Waals surface area contributed by atoms with Gasteiger partial charge in [0.05, 0.1) is 7.11 Å². The van der Waals surface area contributed by atoms with Crippen LogP contribution in [0.25, 0.3) is 33.3 Å². The van der Waals surface area contributed by atoms with Gasteiger partial charge in [-0.1, -0.05) is 36.4 Å². The minimum absolute atomic E-state index is 0.139. The minimum atomic E-state index is -0.452. The Kier molecular flexibility index (Phi) is 3.46.